The summed E-state index contributed by atoms with van der Waals surface area (Å²) in [6, 6.07) is 8.05. The number of alkyl halides is 3. The number of rotatable bonds is 6. The lowest BCUT2D eigenvalue weighted by Crippen LogP contribution is -2.36. The van der Waals surface area contributed by atoms with Crippen molar-refractivity contribution in [2.75, 3.05) is 26.1 Å². The summed E-state index contributed by atoms with van der Waals surface area (Å²) in [5.74, 6) is -0.986. The van der Waals surface area contributed by atoms with Crippen LogP contribution in [0, 0.1) is 0 Å². The van der Waals surface area contributed by atoms with E-state index in [0.717, 1.165) is 11.6 Å². The summed E-state index contributed by atoms with van der Waals surface area (Å²) in [6.45, 7) is 0.135. The Labute approximate surface area is 169 Å². The molecule has 2 aromatic rings. The predicted octanol–water partition coefficient (Wildman–Crippen LogP) is 3.67. The molecule has 0 saturated carbocycles. The molecule has 0 bridgehead atoms. The molecule has 6 nitrogen and oxygen atoms in total. The van der Waals surface area contributed by atoms with Crippen molar-refractivity contribution in [3.63, 3.8) is 0 Å². The molecule has 2 aromatic carbocycles. The Bertz CT molecular complexity index is 904. The number of amides is 2. The van der Waals surface area contributed by atoms with Gasteiger partial charge in [-0.3, -0.25) is 9.59 Å². The highest BCUT2D eigenvalue weighted by atomic mass is 35.5. The second-order valence-electron chi connectivity index (χ2n) is 5.84. The van der Waals surface area contributed by atoms with E-state index in [4.69, 9.17) is 21.1 Å². The van der Waals surface area contributed by atoms with Crippen molar-refractivity contribution in [3.05, 3.63) is 52.5 Å². The number of methoxy groups -OCH3 is 2. The first-order chi connectivity index (χ1) is 13.7. The third-order valence-corrected chi connectivity index (χ3v) is 4.21. The molecule has 29 heavy (non-hydrogen) atoms. The smallest absolute Gasteiger partial charge is 0.417 e. The highest BCUT2D eigenvalue weighted by Gasteiger charge is 2.33. The first-order valence-corrected chi connectivity index (χ1v) is 8.70. The minimum Gasteiger partial charge on any atom is -0.493 e. The number of ether oxygens (including phenoxy) is 2. The van der Waals surface area contributed by atoms with Gasteiger partial charge in [0.05, 0.1) is 24.8 Å². The minimum absolute atomic E-state index is 0.135. The third kappa shape index (κ3) is 6.02. The second-order valence-corrected chi connectivity index (χ2v) is 6.25. The predicted molar refractivity (Wildman–Crippen MR) is 101 cm³/mol. The van der Waals surface area contributed by atoms with Crippen molar-refractivity contribution in [2.45, 2.75) is 12.6 Å². The van der Waals surface area contributed by atoms with Crippen LogP contribution in [0.3, 0.4) is 0 Å². The van der Waals surface area contributed by atoms with Gasteiger partial charge in [-0.15, -0.1) is 0 Å². The quantitative estimate of drug-likeness (QED) is 0.685. The van der Waals surface area contributed by atoms with Crippen molar-refractivity contribution in [2.24, 2.45) is 0 Å². The van der Waals surface area contributed by atoms with E-state index in [1.165, 1.54) is 20.3 Å². The van der Waals surface area contributed by atoms with Crippen LogP contribution in [0.1, 0.15) is 11.1 Å². The van der Waals surface area contributed by atoms with Gasteiger partial charge in [-0.2, -0.15) is 13.2 Å². The van der Waals surface area contributed by atoms with E-state index in [2.05, 4.69) is 10.6 Å². The summed E-state index contributed by atoms with van der Waals surface area (Å²) in [5, 5.41) is 4.01. The lowest BCUT2D eigenvalue weighted by atomic mass is 10.1. The molecule has 0 heterocycles. The van der Waals surface area contributed by atoms with E-state index in [-0.39, 0.29) is 12.2 Å². The van der Waals surface area contributed by atoms with E-state index in [9.17, 15) is 22.8 Å². The first kappa shape index (κ1) is 22.4. The molecule has 0 spiro atoms. The van der Waals surface area contributed by atoms with Gasteiger partial charge in [0.2, 0.25) is 0 Å². The Morgan fingerprint density at radius 2 is 1.69 bits per heavy atom. The monoisotopic (exact) mass is 430 g/mol. The average molecular weight is 431 g/mol. The maximum Gasteiger partial charge on any atom is 0.417 e. The van der Waals surface area contributed by atoms with Crippen LogP contribution in [-0.4, -0.2) is 32.6 Å². The summed E-state index contributed by atoms with van der Waals surface area (Å²) in [4.78, 5) is 23.8. The van der Waals surface area contributed by atoms with Crippen LogP contribution in [0.4, 0.5) is 18.9 Å². The third-order valence-electron chi connectivity index (χ3n) is 3.88. The lowest BCUT2D eigenvalue weighted by molar-refractivity contribution is -0.137. The lowest BCUT2D eigenvalue weighted by Gasteiger charge is -2.12. The Hall–Kier alpha value is -2.94. The maximum atomic E-state index is 12.9. The molecule has 0 aliphatic carbocycles. The maximum absolute atomic E-state index is 12.9. The summed E-state index contributed by atoms with van der Waals surface area (Å²) in [7, 11) is 3.00. The Morgan fingerprint density at radius 1 is 1.00 bits per heavy atom. The van der Waals surface area contributed by atoms with Gasteiger partial charge < -0.3 is 20.1 Å². The summed E-state index contributed by atoms with van der Waals surface area (Å²) >= 11 is 5.52. The van der Waals surface area contributed by atoms with Gasteiger partial charge >= 0.3 is 18.0 Å². The van der Waals surface area contributed by atoms with Crippen molar-refractivity contribution in [1.29, 1.82) is 0 Å². The van der Waals surface area contributed by atoms with Crippen molar-refractivity contribution in [1.82, 2.24) is 5.32 Å². The van der Waals surface area contributed by atoms with Crippen LogP contribution in [0.15, 0.2) is 36.4 Å². The van der Waals surface area contributed by atoms with E-state index >= 15 is 0 Å². The molecule has 0 fully saturated rings. The molecule has 0 unspecified atom stereocenters. The molecule has 0 aliphatic heterocycles. The average Bonchev–Trinajstić information content (AvgIpc) is 2.68. The topological polar surface area (TPSA) is 76.7 Å². The largest absolute Gasteiger partial charge is 0.493 e. The molecule has 156 valence electrons. The highest BCUT2D eigenvalue weighted by molar-refractivity contribution is 6.39. The molecular formula is C19H18ClF3N2O4. The highest BCUT2D eigenvalue weighted by Crippen LogP contribution is 2.36. The van der Waals surface area contributed by atoms with E-state index in [1.54, 1.807) is 18.2 Å². The number of hydrogen-bond donors (Lipinski definition) is 2. The van der Waals surface area contributed by atoms with Gasteiger partial charge in [0, 0.05) is 12.2 Å². The van der Waals surface area contributed by atoms with Crippen LogP contribution in [0.5, 0.6) is 11.5 Å². The molecule has 2 rings (SSSR count). The Balaban J connectivity index is 1.92. The molecular weight excluding hydrogens is 413 g/mol. The molecule has 10 heteroatoms. The number of carbonyl (C=O) groups is 2. The van der Waals surface area contributed by atoms with Gasteiger partial charge in [-0.05, 0) is 42.3 Å². The second kappa shape index (κ2) is 9.51. The molecule has 0 aromatic heterocycles. The molecule has 2 N–H and O–H groups in total. The number of carbonyl (C=O) groups excluding carboxylic acids is 2. The Kier molecular flexibility index (Phi) is 7.33. The van der Waals surface area contributed by atoms with Crippen LogP contribution in [0.25, 0.3) is 0 Å². The van der Waals surface area contributed by atoms with Gasteiger partial charge in [0.25, 0.3) is 0 Å². The van der Waals surface area contributed by atoms with E-state index < -0.39 is 28.6 Å². The number of nitrogens with one attached hydrogen (secondary N) is 2. The minimum atomic E-state index is -4.68. The summed E-state index contributed by atoms with van der Waals surface area (Å²) in [5.41, 5.74) is -0.469. The number of hydrogen-bond acceptors (Lipinski definition) is 4. The zero-order valence-corrected chi connectivity index (χ0v) is 16.3. The van der Waals surface area contributed by atoms with Crippen molar-refractivity contribution >= 4 is 29.1 Å². The molecule has 0 aliphatic rings. The SMILES string of the molecule is COc1ccc(CCNC(=O)C(=O)Nc2ccc(Cl)c(C(F)(F)F)c2)cc1OC. The van der Waals surface area contributed by atoms with Crippen LogP contribution in [0.2, 0.25) is 5.02 Å². The van der Waals surface area contributed by atoms with Gasteiger partial charge in [-0.25, -0.2) is 0 Å². The van der Waals surface area contributed by atoms with E-state index in [0.29, 0.717) is 24.0 Å². The number of anilines is 1. The van der Waals surface area contributed by atoms with Crippen molar-refractivity contribution in [3.8, 4) is 11.5 Å². The fourth-order valence-corrected chi connectivity index (χ4v) is 2.67. The van der Waals surface area contributed by atoms with Gasteiger partial charge in [-0.1, -0.05) is 17.7 Å². The Morgan fingerprint density at radius 3 is 2.31 bits per heavy atom. The van der Waals surface area contributed by atoms with E-state index in [1.807, 2.05) is 0 Å². The summed E-state index contributed by atoms with van der Waals surface area (Å²) < 4.78 is 48.9. The summed E-state index contributed by atoms with van der Waals surface area (Å²) in [6.07, 6.45) is -4.28. The number of halogens is 4. The zero-order valence-electron chi connectivity index (χ0n) is 15.5. The standard InChI is InChI=1S/C19H18ClF3N2O4/c1-28-15-6-3-11(9-16(15)29-2)7-8-24-17(26)18(27)25-12-4-5-14(20)13(10-12)19(21,22)23/h3-6,9-10H,7-8H2,1-2H3,(H,24,26)(H,25,27). The number of benzene rings is 2. The van der Waals surface area contributed by atoms with Crippen LogP contribution < -0.4 is 20.1 Å². The van der Waals surface area contributed by atoms with Crippen LogP contribution in [-0.2, 0) is 22.2 Å². The normalized spacial score (nSPS) is 11.0. The first-order valence-electron chi connectivity index (χ1n) is 8.32. The van der Waals surface area contributed by atoms with Gasteiger partial charge in [0.15, 0.2) is 11.5 Å². The molecule has 2 amide bonds. The fraction of sp³-hybridized carbons (Fsp3) is 0.263. The molecule has 0 radical (unpaired) electrons. The van der Waals surface area contributed by atoms with Crippen LogP contribution >= 0.6 is 11.6 Å². The molecule has 0 atom stereocenters. The zero-order chi connectivity index (χ0) is 21.6. The molecule has 0 saturated heterocycles. The fourth-order valence-electron chi connectivity index (χ4n) is 2.44. The van der Waals surface area contributed by atoms with Crippen molar-refractivity contribution < 1.29 is 32.2 Å². The van der Waals surface area contributed by atoms with Gasteiger partial charge in [0.1, 0.15) is 0 Å².